The van der Waals surface area contributed by atoms with Gasteiger partial charge in [0.25, 0.3) is 0 Å². The quantitative estimate of drug-likeness (QED) is 0.578. The Morgan fingerprint density at radius 2 is 1.91 bits per heavy atom. The molecule has 1 fully saturated rings. The Morgan fingerprint density at radius 1 is 1.14 bits per heavy atom. The maximum absolute atomic E-state index is 14.3. The van der Waals surface area contributed by atoms with Crippen molar-refractivity contribution in [2.24, 2.45) is 11.1 Å². The smallest absolute Gasteiger partial charge is 0.241 e. The normalized spacial score (nSPS) is 24.3. The van der Waals surface area contributed by atoms with Gasteiger partial charge in [-0.15, -0.1) is 0 Å². The minimum atomic E-state index is -1.68. The van der Waals surface area contributed by atoms with Gasteiger partial charge in [-0.1, -0.05) is 35.9 Å². The van der Waals surface area contributed by atoms with Crippen molar-refractivity contribution in [2.45, 2.75) is 24.9 Å². The molecule has 2 aliphatic rings. The van der Waals surface area contributed by atoms with Gasteiger partial charge in [-0.3, -0.25) is 14.6 Å². The number of aromatic nitrogens is 1. The Labute approximate surface area is 203 Å². The van der Waals surface area contributed by atoms with Crippen LogP contribution in [-0.2, 0) is 4.79 Å². The lowest BCUT2D eigenvalue weighted by atomic mass is 9.67. The molecule has 3 heterocycles. The van der Waals surface area contributed by atoms with Crippen LogP contribution in [0.25, 0.3) is 6.08 Å². The maximum Gasteiger partial charge on any atom is 0.241 e. The van der Waals surface area contributed by atoms with E-state index >= 15 is 0 Å². The van der Waals surface area contributed by atoms with Crippen LogP contribution in [0.1, 0.15) is 33.0 Å². The Bertz CT molecular complexity index is 1390. The van der Waals surface area contributed by atoms with Gasteiger partial charge in [0, 0.05) is 29.6 Å². The van der Waals surface area contributed by atoms with Gasteiger partial charge in [-0.2, -0.15) is 5.26 Å². The Hall–Kier alpha value is -4.44. The summed E-state index contributed by atoms with van der Waals surface area (Å²) < 4.78 is 5.34. The highest BCUT2D eigenvalue weighted by Crippen LogP contribution is 2.55. The van der Waals surface area contributed by atoms with E-state index in [1.165, 1.54) is 7.11 Å². The lowest BCUT2D eigenvalue weighted by Gasteiger charge is -2.36. The summed E-state index contributed by atoms with van der Waals surface area (Å²) in [7, 11) is 1.54. The van der Waals surface area contributed by atoms with Gasteiger partial charge in [0.05, 0.1) is 19.2 Å². The van der Waals surface area contributed by atoms with Gasteiger partial charge < -0.3 is 15.4 Å². The van der Waals surface area contributed by atoms with Crippen LogP contribution in [0.4, 0.5) is 5.69 Å². The topological polar surface area (TPSA) is 109 Å². The van der Waals surface area contributed by atoms with Crippen LogP contribution >= 0.6 is 0 Å². The summed E-state index contributed by atoms with van der Waals surface area (Å²) in [6.07, 6.45) is 6.91. The number of nitriles is 1. The number of hydrogen-bond donors (Lipinski definition) is 1. The number of nitrogens with zero attached hydrogens (tertiary/aromatic N) is 3. The Balaban J connectivity index is 1.80. The third-order valence-electron chi connectivity index (χ3n) is 7.07. The number of ether oxygens (including phenoxy) is 1. The van der Waals surface area contributed by atoms with Gasteiger partial charge in [0.2, 0.25) is 5.91 Å². The number of methoxy groups -OCH3 is 1. The molecule has 2 aliphatic heterocycles. The third kappa shape index (κ3) is 3.29. The van der Waals surface area contributed by atoms with Crippen molar-refractivity contribution in [3.63, 3.8) is 0 Å². The molecule has 174 valence electrons. The van der Waals surface area contributed by atoms with Crippen molar-refractivity contribution in [2.75, 3.05) is 12.0 Å². The number of rotatable bonds is 5. The summed E-state index contributed by atoms with van der Waals surface area (Å²) in [5.74, 6) is -1.27. The number of benzene rings is 2. The number of Topliss-reactive ketones (excluding diaryl/α,β-unsaturated/α-hetero) is 1. The second-order valence-corrected chi connectivity index (χ2v) is 8.92. The molecule has 7 nitrogen and oxygen atoms in total. The first-order valence-corrected chi connectivity index (χ1v) is 11.3. The number of carbonyl (C=O) groups is 2. The Morgan fingerprint density at radius 3 is 2.60 bits per heavy atom. The molecule has 0 radical (unpaired) electrons. The van der Waals surface area contributed by atoms with E-state index in [4.69, 9.17) is 10.5 Å². The molecule has 0 spiro atoms. The number of carbonyl (C=O) groups excluding carboxylic acids is 2. The molecular weight excluding hydrogens is 440 g/mol. The molecule has 2 aromatic carbocycles. The van der Waals surface area contributed by atoms with Crippen molar-refractivity contribution in [1.29, 1.82) is 5.26 Å². The van der Waals surface area contributed by atoms with E-state index in [1.54, 1.807) is 48.8 Å². The van der Waals surface area contributed by atoms with Gasteiger partial charge in [-0.25, -0.2) is 0 Å². The molecule has 3 aromatic rings. The van der Waals surface area contributed by atoms with E-state index in [2.05, 4.69) is 11.1 Å². The standard InChI is InChI=1S/C28H24N4O3/c1-17-6-8-22-19(14-17)7-9-23-28(16-29,27(30)34)24(18-10-12-31-13-11-18)25(32(22)23)26(33)20-4-3-5-21(15-20)35-2/h3-15,23-25H,1-2H3,(H2,30,34)/t23-,24+,25+,28+/m1/s1. The number of hydrogen-bond acceptors (Lipinski definition) is 6. The fourth-order valence-electron chi connectivity index (χ4n) is 5.50. The lowest BCUT2D eigenvalue weighted by molar-refractivity contribution is -0.125. The number of anilines is 1. The van der Waals surface area contributed by atoms with Gasteiger partial charge >= 0.3 is 0 Å². The van der Waals surface area contributed by atoms with Gasteiger partial charge in [0.1, 0.15) is 11.8 Å². The highest BCUT2D eigenvalue weighted by molar-refractivity contribution is 6.06. The molecule has 0 aliphatic carbocycles. The predicted octanol–water partition coefficient (Wildman–Crippen LogP) is 3.64. The fraction of sp³-hybridized carbons (Fsp3) is 0.214. The van der Waals surface area contributed by atoms with Gasteiger partial charge in [0.15, 0.2) is 11.2 Å². The van der Waals surface area contributed by atoms with E-state index in [9.17, 15) is 14.9 Å². The second kappa shape index (κ2) is 8.41. The monoisotopic (exact) mass is 464 g/mol. The average Bonchev–Trinajstić information content (AvgIpc) is 3.20. The highest BCUT2D eigenvalue weighted by atomic mass is 16.5. The predicted molar refractivity (Wildman–Crippen MR) is 132 cm³/mol. The van der Waals surface area contributed by atoms with Crippen LogP contribution in [0.15, 0.2) is 73.1 Å². The molecule has 2 N–H and O–H groups in total. The van der Waals surface area contributed by atoms with Crippen molar-refractivity contribution in [1.82, 2.24) is 4.98 Å². The minimum Gasteiger partial charge on any atom is -0.497 e. The number of nitrogens with two attached hydrogens (primary N) is 1. The number of amides is 1. The molecule has 0 saturated carbocycles. The first-order chi connectivity index (χ1) is 16.9. The zero-order valence-electron chi connectivity index (χ0n) is 19.4. The molecule has 5 rings (SSSR count). The molecule has 4 atom stereocenters. The zero-order valence-corrected chi connectivity index (χ0v) is 19.4. The van der Waals surface area contributed by atoms with E-state index < -0.39 is 29.3 Å². The van der Waals surface area contributed by atoms with Crippen LogP contribution in [-0.4, -0.2) is 35.9 Å². The number of aryl methyl sites for hydroxylation is 1. The molecule has 7 heteroatoms. The van der Waals surface area contributed by atoms with E-state index in [0.29, 0.717) is 16.9 Å². The number of ketones is 1. The van der Waals surface area contributed by atoms with Crippen molar-refractivity contribution >= 4 is 23.5 Å². The molecular formula is C28H24N4O3. The molecule has 1 saturated heterocycles. The molecule has 1 aromatic heterocycles. The molecule has 0 unspecified atom stereocenters. The van der Waals surface area contributed by atoms with E-state index in [-0.39, 0.29) is 5.78 Å². The summed E-state index contributed by atoms with van der Waals surface area (Å²) in [5.41, 5.74) is 8.15. The van der Waals surface area contributed by atoms with Crippen molar-refractivity contribution < 1.29 is 14.3 Å². The third-order valence-corrected chi connectivity index (χ3v) is 7.07. The van der Waals surface area contributed by atoms with Crippen LogP contribution < -0.4 is 15.4 Å². The first-order valence-electron chi connectivity index (χ1n) is 11.3. The van der Waals surface area contributed by atoms with E-state index in [1.807, 2.05) is 42.2 Å². The maximum atomic E-state index is 14.3. The van der Waals surface area contributed by atoms with Crippen molar-refractivity contribution in [3.8, 4) is 11.8 Å². The SMILES string of the molecule is COc1cccc(C(=O)[C@@H]2[C@H](c3ccncc3)[C@@](C#N)(C(N)=O)[C@H]3C=Cc4cc(C)ccc4N23)c1. The summed E-state index contributed by atoms with van der Waals surface area (Å²) in [6.45, 7) is 1.99. The summed E-state index contributed by atoms with van der Waals surface area (Å²) in [6, 6.07) is 17.0. The lowest BCUT2D eigenvalue weighted by Crippen LogP contribution is -2.49. The zero-order chi connectivity index (χ0) is 24.7. The van der Waals surface area contributed by atoms with Crippen LogP contribution in [0.2, 0.25) is 0 Å². The summed E-state index contributed by atoms with van der Waals surface area (Å²) in [4.78, 5) is 33.4. The van der Waals surface area contributed by atoms with Crippen LogP contribution in [0.3, 0.4) is 0 Å². The van der Waals surface area contributed by atoms with E-state index in [0.717, 1.165) is 16.8 Å². The summed E-state index contributed by atoms with van der Waals surface area (Å²) >= 11 is 0. The Kier molecular flexibility index (Phi) is 5.37. The fourth-order valence-corrected chi connectivity index (χ4v) is 5.50. The highest BCUT2D eigenvalue weighted by Gasteiger charge is 2.65. The minimum absolute atomic E-state index is 0.226. The van der Waals surface area contributed by atoms with Gasteiger partial charge in [-0.05, 0) is 54.4 Å². The second-order valence-electron chi connectivity index (χ2n) is 8.92. The number of pyridine rings is 1. The number of primary amides is 1. The van der Waals surface area contributed by atoms with Crippen LogP contribution in [0, 0.1) is 23.7 Å². The average molecular weight is 465 g/mol. The number of fused-ring (bicyclic) bond motifs is 3. The molecule has 35 heavy (non-hydrogen) atoms. The largest absolute Gasteiger partial charge is 0.497 e. The molecule has 1 amide bonds. The summed E-state index contributed by atoms with van der Waals surface area (Å²) in [5, 5.41) is 10.5. The first kappa shape index (κ1) is 22.4. The van der Waals surface area contributed by atoms with Crippen LogP contribution in [0.5, 0.6) is 5.75 Å². The van der Waals surface area contributed by atoms with Crippen molar-refractivity contribution in [3.05, 3.63) is 95.3 Å². The molecule has 0 bridgehead atoms.